The van der Waals surface area contributed by atoms with E-state index in [2.05, 4.69) is 17.3 Å². The first-order chi connectivity index (χ1) is 15.8. The number of ether oxygens (including phenoxy) is 1. The SMILES string of the molecule is COc1ccc(S(=O)(=O)N2C[C@@H](C(=O)NCC[C@H]3CCCN3C)c3ccccc32)c(C)c1C. The standard InChI is InChI=1S/C25H33N3O4S/c1-17-18(2)24(12-11-23(17)32-4)33(30,31)28-16-21(20-9-5-6-10-22(20)28)25(29)26-14-13-19-8-7-15-27(19)3/h5-6,9-12,19,21H,7-8,13-16H2,1-4H3,(H,26,29)/t19-,21-/m1/s1. The van der Waals surface area contributed by atoms with Crippen LogP contribution in [0, 0.1) is 13.8 Å². The number of anilines is 1. The topological polar surface area (TPSA) is 79.0 Å². The van der Waals surface area contributed by atoms with E-state index in [0.717, 1.165) is 30.5 Å². The summed E-state index contributed by atoms with van der Waals surface area (Å²) in [5.41, 5.74) is 2.76. The highest BCUT2D eigenvalue weighted by molar-refractivity contribution is 7.93. The molecule has 2 atom stereocenters. The maximum Gasteiger partial charge on any atom is 0.264 e. The first-order valence-corrected chi connectivity index (χ1v) is 12.9. The molecule has 2 aromatic rings. The predicted octanol–water partition coefficient (Wildman–Crippen LogP) is 3.21. The van der Waals surface area contributed by atoms with Crippen molar-refractivity contribution < 1.29 is 17.9 Å². The fourth-order valence-electron chi connectivity index (χ4n) is 5.04. The monoisotopic (exact) mass is 471 g/mol. The van der Waals surface area contributed by atoms with E-state index < -0.39 is 15.9 Å². The molecule has 2 heterocycles. The molecule has 0 bridgehead atoms. The van der Waals surface area contributed by atoms with E-state index >= 15 is 0 Å². The summed E-state index contributed by atoms with van der Waals surface area (Å²) >= 11 is 0. The third-order valence-corrected chi connectivity index (χ3v) is 9.09. The molecule has 178 valence electrons. The lowest BCUT2D eigenvalue weighted by Gasteiger charge is -2.22. The number of sulfonamides is 1. The van der Waals surface area contributed by atoms with Crippen molar-refractivity contribution in [1.29, 1.82) is 0 Å². The zero-order valence-corrected chi connectivity index (χ0v) is 20.6. The predicted molar refractivity (Wildman–Crippen MR) is 129 cm³/mol. The second-order valence-corrected chi connectivity index (χ2v) is 10.9. The Balaban J connectivity index is 1.56. The molecule has 2 aliphatic rings. The van der Waals surface area contributed by atoms with Crippen molar-refractivity contribution in [2.75, 3.05) is 38.1 Å². The first-order valence-electron chi connectivity index (χ1n) is 11.5. The van der Waals surface area contributed by atoms with Crippen LogP contribution in [0.1, 0.15) is 41.9 Å². The number of hydrogen-bond donors (Lipinski definition) is 1. The highest BCUT2D eigenvalue weighted by Gasteiger charge is 2.40. The molecule has 1 fully saturated rings. The molecule has 33 heavy (non-hydrogen) atoms. The molecule has 8 heteroatoms. The first kappa shape index (κ1) is 23.6. The van der Waals surface area contributed by atoms with Crippen LogP contribution >= 0.6 is 0 Å². The van der Waals surface area contributed by atoms with Gasteiger partial charge in [-0.2, -0.15) is 0 Å². The smallest absolute Gasteiger partial charge is 0.264 e. The van der Waals surface area contributed by atoms with Gasteiger partial charge in [-0.1, -0.05) is 18.2 Å². The second-order valence-electron chi connectivity index (χ2n) is 9.02. The van der Waals surface area contributed by atoms with Crippen LogP contribution in [0.2, 0.25) is 0 Å². The maximum absolute atomic E-state index is 13.7. The van der Waals surface area contributed by atoms with E-state index in [-0.39, 0.29) is 17.3 Å². The normalized spacial score (nSPS) is 20.7. The average Bonchev–Trinajstić information content (AvgIpc) is 3.39. The van der Waals surface area contributed by atoms with Gasteiger partial charge in [0.2, 0.25) is 5.91 Å². The van der Waals surface area contributed by atoms with E-state index in [9.17, 15) is 13.2 Å². The summed E-state index contributed by atoms with van der Waals surface area (Å²) in [6.07, 6.45) is 3.26. The lowest BCUT2D eigenvalue weighted by atomic mass is 10.0. The minimum Gasteiger partial charge on any atom is -0.496 e. The molecule has 0 unspecified atom stereocenters. The number of likely N-dealkylation sites (tertiary alicyclic amines) is 1. The number of carbonyl (C=O) groups is 1. The molecule has 4 rings (SSSR count). The number of benzene rings is 2. The Labute approximate surface area is 196 Å². The lowest BCUT2D eigenvalue weighted by Crippen LogP contribution is -2.37. The highest BCUT2D eigenvalue weighted by Crippen LogP contribution is 2.41. The number of nitrogens with one attached hydrogen (secondary N) is 1. The van der Waals surface area contributed by atoms with E-state index in [1.807, 2.05) is 25.1 Å². The number of nitrogens with zero attached hydrogens (tertiary/aromatic N) is 2. The third kappa shape index (κ3) is 4.34. The van der Waals surface area contributed by atoms with Crippen molar-refractivity contribution in [3.05, 3.63) is 53.1 Å². The van der Waals surface area contributed by atoms with Crippen LogP contribution in [0.15, 0.2) is 41.3 Å². The molecule has 1 N–H and O–H groups in total. The van der Waals surface area contributed by atoms with Gasteiger partial charge >= 0.3 is 0 Å². The Bertz CT molecular complexity index is 1150. The maximum atomic E-state index is 13.7. The van der Waals surface area contributed by atoms with Crippen LogP contribution in [-0.2, 0) is 14.8 Å². The van der Waals surface area contributed by atoms with Crippen LogP contribution in [0.4, 0.5) is 5.69 Å². The van der Waals surface area contributed by atoms with Gasteiger partial charge in [-0.05, 0) is 81.6 Å². The van der Waals surface area contributed by atoms with Crippen molar-refractivity contribution in [1.82, 2.24) is 10.2 Å². The van der Waals surface area contributed by atoms with Crippen molar-refractivity contribution >= 4 is 21.6 Å². The van der Waals surface area contributed by atoms with Gasteiger partial charge in [0.25, 0.3) is 10.0 Å². The van der Waals surface area contributed by atoms with Crippen LogP contribution in [0.25, 0.3) is 0 Å². The summed E-state index contributed by atoms with van der Waals surface area (Å²) in [6, 6.07) is 11.1. The molecule has 1 saturated heterocycles. The Morgan fingerprint density at radius 3 is 2.61 bits per heavy atom. The number of amides is 1. The van der Waals surface area contributed by atoms with Gasteiger partial charge in [-0.3, -0.25) is 9.10 Å². The molecule has 2 aromatic carbocycles. The Morgan fingerprint density at radius 2 is 1.91 bits per heavy atom. The Kier molecular flexibility index (Phi) is 6.68. The fraction of sp³-hybridized carbons (Fsp3) is 0.480. The zero-order valence-electron chi connectivity index (χ0n) is 19.8. The molecular weight excluding hydrogens is 438 g/mol. The van der Waals surface area contributed by atoms with Crippen LogP contribution < -0.4 is 14.4 Å². The summed E-state index contributed by atoms with van der Waals surface area (Å²) in [5, 5.41) is 3.06. The number of fused-ring (bicyclic) bond motifs is 1. The Hall–Kier alpha value is -2.58. The average molecular weight is 472 g/mol. The molecule has 7 nitrogen and oxygen atoms in total. The summed E-state index contributed by atoms with van der Waals surface area (Å²) in [7, 11) is -0.153. The van der Waals surface area contributed by atoms with Crippen LogP contribution in [0.5, 0.6) is 5.75 Å². The second kappa shape index (κ2) is 9.35. The molecule has 0 spiro atoms. The molecule has 0 radical (unpaired) electrons. The summed E-state index contributed by atoms with van der Waals surface area (Å²) in [5.74, 6) is -0.00111. The van der Waals surface area contributed by atoms with Gasteiger partial charge in [0, 0.05) is 12.6 Å². The summed E-state index contributed by atoms with van der Waals surface area (Å²) in [6.45, 7) is 5.43. The van der Waals surface area contributed by atoms with Crippen molar-refractivity contribution in [2.24, 2.45) is 0 Å². The lowest BCUT2D eigenvalue weighted by molar-refractivity contribution is -0.122. The van der Waals surface area contributed by atoms with Gasteiger partial charge in [-0.25, -0.2) is 8.42 Å². The number of rotatable bonds is 7. The largest absolute Gasteiger partial charge is 0.496 e. The minimum atomic E-state index is -3.85. The van der Waals surface area contributed by atoms with Gasteiger partial charge in [0.15, 0.2) is 0 Å². The van der Waals surface area contributed by atoms with Crippen molar-refractivity contribution in [2.45, 2.75) is 50.0 Å². The third-order valence-electron chi connectivity index (χ3n) is 7.17. The van der Waals surface area contributed by atoms with E-state index in [1.165, 1.54) is 10.7 Å². The highest BCUT2D eigenvalue weighted by atomic mass is 32.2. The van der Waals surface area contributed by atoms with E-state index in [1.54, 1.807) is 32.2 Å². The zero-order chi connectivity index (χ0) is 23.8. The fourth-order valence-corrected chi connectivity index (χ4v) is 6.83. The number of carbonyl (C=O) groups excluding carboxylic acids is 1. The van der Waals surface area contributed by atoms with Crippen LogP contribution in [0.3, 0.4) is 0 Å². The molecule has 0 saturated carbocycles. The van der Waals surface area contributed by atoms with Gasteiger partial charge in [0.1, 0.15) is 5.75 Å². The molecule has 0 aromatic heterocycles. The summed E-state index contributed by atoms with van der Waals surface area (Å²) < 4.78 is 34.1. The van der Waals surface area contributed by atoms with Crippen molar-refractivity contribution in [3.8, 4) is 5.75 Å². The molecule has 2 aliphatic heterocycles. The van der Waals surface area contributed by atoms with Crippen LogP contribution in [-0.4, -0.2) is 59.1 Å². The number of para-hydroxylation sites is 1. The van der Waals surface area contributed by atoms with E-state index in [4.69, 9.17) is 4.74 Å². The van der Waals surface area contributed by atoms with E-state index in [0.29, 0.717) is 29.6 Å². The number of methoxy groups -OCH3 is 1. The van der Waals surface area contributed by atoms with Crippen molar-refractivity contribution in [3.63, 3.8) is 0 Å². The summed E-state index contributed by atoms with van der Waals surface area (Å²) in [4.78, 5) is 15.7. The molecule has 1 amide bonds. The van der Waals surface area contributed by atoms with Gasteiger partial charge < -0.3 is 15.0 Å². The minimum absolute atomic E-state index is 0.0986. The quantitative estimate of drug-likeness (QED) is 0.671. The molecular formula is C25H33N3O4S. The molecule has 0 aliphatic carbocycles. The van der Waals surface area contributed by atoms with Gasteiger partial charge in [-0.15, -0.1) is 0 Å². The van der Waals surface area contributed by atoms with Gasteiger partial charge in [0.05, 0.1) is 30.2 Å². The Morgan fingerprint density at radius 1 is 1.15 bits per heavy atom. The number of hydrogen-bond acceptors (Lipinski definition) is 5.